The molecule has 0 bridgehead atoms. The van der Waals surface area contributed by atoms with Crippen LogP contribution < -0.4 is 10.2 Å². The number of hydrogen-bond acceptors (Lipinski definition) is 6. The van der Waals surface area contributed by atoms with Crippen molar-refractivity contribution < 1.29 is 23.5 Å². The smallest absolute Gasteiger partial charge is 0.306 e. The largest absolute Gasteiger partial charge is 0.481 e. The zero-order valence-corrected chi connectivity index (χ0v) is 19.1. The van der Waals surface area contributed by atoms with Gasteiger partial charge in [0.15, 0.2) is 5.13 Å². The molecule has 172 valence electrons. The summed E-state index contributed by atoms with van der Waals surface area (Å²) in [5, 5.41) is 11.0. The van der Waals surface area contributed by atoms with Crippen LogP contribution in [0, 0.1) is 16.9 Å². The highest BCUT2D eigenvalue weighted by Gasteiger charge is 2.26. The van der Waals surface area contributed by atoms with Gasteiger partial charge in [-0.25, -0.2) is 14.4 Å². The third-order valence-electron chi connectivity index (χ3n) is 5.23. The highest BCUT2D eigenvalue weighted by atomic mass is 35.5. The number of nitrogens with one attached hydrogen (secondary N) is 1. The van der Waals surface area contributed by atoms with Gasteiger partial charge in [-0.3, -0.25) is 14.9 Å². The summed E-state index contributed by atoms with van der Waals surface area (Å²) in [6, 6.07) is 5.14. The number of hydrogen-bond donors (Lipinski definition) is 2. The van der Waals surface area contributed by atoms with Gasteiger partial charge >= 0.3 is 5.97 Å². The standard InChI is InChI=1S/C21H16Cl2F2N4O3S/c22-13-7-11(1-2-15(13)24)16-17(25)33-21(27-16)28-19(30)12-8-14(23)18(26-9-12)29-5-3-10(4-6-29)20(31)32/h1-2,7-10H,3-6H2,(H,31,32)(H,27,28,30). The van der Waals surface area contributed by atoms with Crippen LogP contribution in [-0.2, 0) is 4.79 Å². The lowest BCUT2D eigenvalue weighted by Gasteiger charge is -2.31. The van der Waals surface area contributed by atoms with E-state index in [0.717, 1.165) is 6.07 Å². The number of benzene rings is 1. The molecule has 1 amide bonds. The first-order chi connectivity index (χ1) is 15.7. The number of aromatic nitrogens is 2. The van der Waals surface area contributed by atoms with E-state index >= 15 is 0 Å². The summed E-state index contributed by atoms with van der Waals surface area (Å²) >= 11 is 12.7. The van der Waals surface area contributed by atoms with E-state index in [1.807, 2.05) is 4.90 Å². The molecular weight excluding hydrogens is 497 g/mol. The molecule has 1 aromatic carbocycles. The Balaban J connectivity index is 1.46. The van der Waals surface area contributed by atoms with E-state index < -0.39 is 22.8 Å². The summed E-state index contributed by atoms with van der Waals surface area (Å²) in [4.78, 5) is 33.9. The van der Waals surface area contributed by atoms with Crippen molar-refractivity contribution in [3.05, 3.63) is 57.0 Å². The Morgan fingerprint density at radius 3 is 2.52 bits per heavy atom. The highest BCUT2D eigenvalue weighted by molar-refractivity contribution is 7.14. The minimum atomic E-state index is -0.815. The summed E-state index contributed by atoms with van der Waals surface area (Å²) in [6.07, 6.45) is 2.30. The Bertz CT molecular complexity index is 1230. The monoisotopic (exact) mass is 512 g/mol. The number of anilines is 2. The molecule has 0 saturated carbocycles. The first-order valence-electron chi connectivity index (χ1n) is 9.79. The van der Waals surface area contributed by atoms with Crippen LogP contribution in [0.2, 0.25) is 10.0 Å². The van der Waals surface area contributed by atoms with Crippen molar-refractivity contribution >= 4 is 57.4 Å². The van der Waals surface area contributed by atoms with Gasteiger partial charge in [0.25, 0.3) is 5.91 Å². The first kappa shape index (κ1) is 23.3. The van der Waals surface area contributed by atoms with Gasteiger partial charge in [0.05, 0.1) is 21.5 Å². The lowest BCUT2D eigenvalue weighted by molar-refractivity contribution is -0.142. The maximum absolute atomic E-state index is 14.4. The lowest BCUT2D eigenvalue weighted by Crippen LogP contribution is -2.37. The molecule has 1 aliphatic rings. The Morgan fingerprint density at radius 1 is 1.15 bits per heavy atom. The molecule has 0 atom stereocenters. The molecule has 12 heteroatoms. The maximum Gasteiger partial charge on any atom is 0.306 e. The molecule has 1 fully saturated rings. The van der Waals surface area contributed by atoms with E-state index in [2.05, 4.69) is 15.3 Å². The number of halogens is 4. The van der Waals surface area contributed by atoms with Gasteiger partial charge in [0.2, 0.25) is 5.13 Å². The minimum absolute atomic E-state index is 0.00360. The van der Waals surface area contributed by atoms with Crippen molar-refractivity contribution in [3.8, 4) is 11.3 Å². The fourth-order valence-corrected chi connectivity index (χ4v) is 4.65. The number of amides is 1. The molecule has 0 radical (unpaired) electrons. The number of aliphatic carboxylic acids is 1. The van der Waals surface area contributed by atoms with Crippen molar-refractivity contribution in [2.24, 2.45) is 5.92 Å². The number of carbonyl (C=O) groups excluding carboxylic acids is 1. The number of carbonyl (C=O) groups is 2. The lowest BCUT2D eigenvalue weighted by atomic mass is 9.97. The maximum atomic E-state index is 14.4. The van der Waals surface area contributed by atoms with Crippen molar-refractivity contribution in [3.63, 3.8) is 0 Å². The SMILES string of the molecule is O=C(Nc1nc(-c2ccc(F)c(Cl)c2)c(F)s1)c1cnc(N2CCC(C(=O)O)CC2)c(Cl)c1. The number of nitrogens with zero attached hydrogens (tertiary/aromatic N) is 3. The van der Waals surface area contributed by atoms with Gasteiger partial charge in [-0.15, -0.1) is 0 Å². The second-order valence-corrected chi connectivity index (χ2v) is 9.12. The van der Waals surface area contributed by atoms with Crippen LogP contribution >= 0.6 is 34.5 Å². The fourth-order valence-electron chi connectivity index (χ4n) is 3.47. The average Bonchev–Trinajstić information content (AvgIpc) is 3.15. The molecule has 0 spiro atoms. The quantitative estimate of drug-likeness (QED) is 0.478. The topological polar surface area (TPSA) is 95.4 Å². The number of rotatable bonds is 5. The van der Waals surface area contributed by atoms with E-state index in [-0.39, 0.29) is 37.9 Å². The van der Waals surface area contributed by atoms with Crippen LogP contribution in [0.5, 0.6) is 0 Å². The average molecular weight is 513 g/mol. The summed E-state index contributed by atoms with van der Waals surface area (Å²) in [7, 11) is 0. The second-order valence-electron chi connectivity index (χ2n) is 7.35. The number of carboxylic acids is 1. The summed E-state index contributed by atoms with van der Waals surface area (Å²) in [5.41, 5.74) is 0.357. The molecule has 1 saturated heterocycles. The molecular formula is C21H16Cl2F2N4O3S. The van der Waals surface area contributed by atoms with Crippen molar-refractivity contribution in [1.29, 1.82) is 0 Å². The molecule has 4 rings (SSSR count). The Kier molecular flexibility index (Phi) is 6.78. The Morgan fingerprint density at radius 2 is 1.88 bits per heavy atom. The van der Waals surface area contributed by atoms with E-state index in [4.69, 9.17) is 28.3 Å². The van der Waals surface area contributed by atoms with Crippen LogP contribution in [0.4, 0.5) is 19.7 Å². The van der Waals surface area contributed by atoms with Gasteiger partial charge in [0, 0.05) is 24.8 Å². The molecule has 7 nitrogen and oxygen atoms in total. The number of pyridine rings is 1. The predicted molar refractivity (Wildman–Crippen MR) is 122 cm³/mol. The third kappa shape index (κ3) is 5.07. The first-order valence-corrected chi connectivity index (χ1v) is 11.4. The summed E-state index contributed by atoms with van der Waals surface area (Å²) < 4.78 is 27.7. The van der Waals surface area contributed by atoms with Crippen molar-refractivity contribution in [2.75, 3.05) is 23.3 Å². The van der Waals surface area contributed by atoms with Crippen LogP contribution in [0.15, 0.2) is 30.5 Å². The summed E-state index contributed by atoms with van der Waals surface area (Å²) in [6.45, 7) is 0.980. The van der Waals surface area contributed by atoms with E-state index in [1.165, 1.54) is 24.4 Å². The second kappa shape index (κ2) is 9.58. The van der Waals surface area contributed by atoms with E-state index in [0.29, 0.717) is 43.1 Å². The van der Waals surface area contributed by atoms with Gasteiger partial charge in [-0.2, -0.15) is 4.39 Å². The van der Waals surface area contributed by atoms with Crippen LogP contribution in [0.25, 0.3) is 11.3 Å². The molecule has 3 heterocycles. The summed E-state index contributed by atoms with van der Waals surface area (Å²) in [5.74, 6) is -1.96. The molecule has 33 heavy (non-hydrogen) atoms. The normalized spacial score (nSPS) is 14.4. The van der Waals surface area contributed by atoms with Gasteiger partial charge in [-0.1, -0.05) is 34.5 Å². The van der Waals surface area contributed by atoms with Crippen molar-refractivity contribution in [2.45, 2.75) is 12.8 Å². The van der Waals surface area contributed by atoms with Crippen LogP contribution in [0.1, 0.15) is 23.2 Å². The van der Waals surface area contributed by atoms with Gasteiger partial charge in [-0.05, 0) is 37.1 Å². The zero-order valence-electron chi connectivity index (χ0n) is 16.8. The Labute approximate surface area is 201 Å². The number of carboxylic acid groups (broad SMARTS) is 1. The van der Waals surface area contributed by atoms with E-state index in [1.54, 1.807) is 0 Å². The third-order valence-corrected chi connectivity index (χ3v) is 6.55. The van der Waals surface area contributed by atoms with Crippen LogP contribution in [0.3, 0.4) is 0 Å². The van der Waals surface area contributed by atoms with Gasteiger partial charge in [0.1, 0.15) is 17.3 Å². The van der Waals surface area contributed by atoms with E-state index in [9.17, 15) is 18.4 Å². The zero-order chi connectivity index (χ0) is 23.7. The number of thiazole rings is 1. The molecule has 3 aromatic rings. The number of piperidine rings is 1. The molecule has 2 N–H and O–H groups in total. The Hall–Kier alpha value is -2.82. The van der Waals surface area contributed by atoms with Gasteiger partial charge < -0.3 is 10.0 Å². The molecule has 1 aliphatic heterocycles. The minimum Gasteiger partial charge on any atom is -0.481 e. The fraction of sp³-hybridized carbons (Fsp3) is 0.238. The van der Waals surface area contributed by atoms with Crippen molar-refractivity contribution in [1.82, 2.24) is 9.97 Å². The van der Waals surface area contributed by atoms with Crippen LogP contribution in [-0.4, -0.2) is 40.0 Å². The predicted octanol–water partition coefficient (Wildman–Crippen LogP) is 5.34. The molecule has 0 aliphatic carbocycles. The highest BCUT2D eigenvalue weighted by Crippen LogP contribution is 2.32. The molecule has 2 aromatic heterocycles. The molecule has 0 unspecified atom stereocenters.